The van der Waals surface area contributed by atoms with Crippen LogP contribution in [0.5, 0.6) is 0 Å². The van der Waals surface area contributed by atoms with Crippen molar-refractivity contribution >= 4 is 0 Å². The van der Waals surface area contributed by atoms with Crippen LogP contribution in [-0.2, 0) is 13.0 Å². The van der Waals surface area contributed by atoms with Crippen LogP contribution in [-0.4, -0.2) is 52.7 Å². The largest absolute Gasteiger partial charge is 0.339 e. The first-order chi connectivity index (χ1) is 11.9. The number of nitrogens with zero attached hydrogens (tertiary/aromatic N) is 4. The summed E-state index contributed by atoms with van der Waals surface area (Å²) in [7, 11) is 0. The van der Waals surface area contributed by atoms with Gasteiger partial charge in [-0.15, -0.1) is 0 Å². The van der Waals surface area contributed by atoms with Gasteiger partial charge in [-0.25, -0.2) is 0 Å². The molecule has 128 valence electrons. The summed E-state index contributed by atoms with van der Waals surface area (Å²) in [6, 6.07) is 10.8. The number of hydrogen-bond acceptors (Lipinski definition) is 5. The first-order valence-electron chi connectivity index (χ1n) is 9.18. The lowest BCUT2D eigenvalue weighted by molar-refractivity contribution is 0.246. The Labute approximate surface area is 143 Å². The van der Waals surface area contributed by atoms with Crippen molar-refractivity contribution in [2.45, 2.75) is 38.1 Å². The van der Waals surface area contributed by atoms with Crippen LogP contribution >= 0.6 is 0 Å². The van der Waals surface area contributed by atoms with E-state index in [0.717, 1.165) is 50.9 Å². The Balaban J connectivity index is 1.24. The molecule has 1 aromatic heterocycles. The molecule has 5 nitrogen and oxygen atoms in total. The maximum atomic E-state index is 5.37. The van der Waals surface area contributed by atoms with Crippen molar-refractivity contribution in [3.05, 3.63) is 47.6 Å². The molecule has 0 radical (unpaired) electrons. The van der Waals surface area contributed by atoms with Crippen LogP contribution in [0.2, 0.25) is 0 Å². The van der Waals surface area contributed by atoms with Crippen LogP contribution in [0.4, 0.5) is 0 Å². The number of benzene rings is 1. The second-order valence-electron chi connectivity index (χ2n) is 7.03. The van der Waals surface area contributed by atoms with E-state index in [1.807, 2.05) is 0 Å². The summed E-state index contributed by atoms with van der Waals surface area (Å²) < 4.78 is 5.37. The smallest absolute Gasteiger partial charge is 0.229 e. The number of aromatic nitrogens is 2. The SMILES string of the molecule is c1ccc(CCN2CCCN(Cc3noc(C4CC4)n3)CC2)cc1. The second kappa shape index (κ2) is 7.45. The number of rotatable bonds is 6. The molecule has 2 aliphatic rings. The van der Waals surface area contributed by atoms with E-state index in [1.54, 1.807) is 0 Å². The van der Waals surface area contributed by atoms with Crippen LogP contribution in [0.15, 0.2) is 34.9 Å². The Morgan fingerprint density at radius 3 is 2.62 bits per heavy atom. The molecule has 1 saturated heterocycles. The van der Waals surface area contributed by atoms with Gasteiger partial charge in [0, 0.05) is 25.6 Å². The zero-order valence-corrected chi connectivity index (χ0v) is 14.2. The van der Waals surface area contributed by atoms with Gasteiger partial charge in [0.05, 0.1) is 6.54 Å². The first-order valence-corrected chi connectivity index (χ1v) is 9.18. The number of hydrogen-bond donors (Lipinski definition) is 0. The zero-order valence-electron chi connectivity index (χ0n) is 14.2. The summed E-state index contributed by atoms with van der Waals surface area (Å²) in [5.41, 5.74) is 1.43. The van der Waals surface area contributed by atoms with Gasteiger partial charge in [0.1, 0.15) is 0 Å². The molecule has 2 fully saturated rings. The summed E-state index contributed by atoms with van der Waals surface area (Å²) >= 11 is 0. The van der Waals surface area contributed by atoms with Gasteiger partial charge < -0.3 is 9.42 Å². The van der Waals surface area contributed by atoms with Gasteiger partial charge in [0.2, 0.25) is 5.89 Å². The van der Waals surface area contributed by atoms with Crippen molar-refractivity contribution < 1.29 is 4.52 Å². The highest BCUT2D eigenvalue weighted by molar-refractivity contribution is 5.14. The predicted molar refractivity (Wildman–Crippen MR) is 92.8 cm³/mol. The lowest BCUT2D eigenvalue weighted by Gasteiger charge is -2.20. The van der Waals surface area contributed by atoms with E-state index in [4.69, 9.17) is 4.52 Å². The molecule has 4 rings (SSSR count). The van der Waals surface area contributed by atoms with Crippen molar-refractivity contribution in [3.8, 4) is 0 Å². The van der Waals surface area contributed by atoms with Gasteiger partial charge in [-0.3, -0.25) is 4.90 Å². The van der Waals surface area contributed by atoms with Gasteiger partial charge in [-0.1, -0.05) is 35.5 Å². The van der Waals surface area contributed by atoms with Crippen LogP contribution in [0.3, 0.4) is 0 Å². The fraction of sp³-hybridized carbons (Fsp3) is 0.579. The predicted octanol–water partition coefficient (Wildman–Crippen LogP) is 2.70. The Kier molecular flexibility index (Phi) is 4.90. The molecule has 2 aromatic rings. The van der Waals surface area contributed by atoms with Gasteiger partial charge in [-0.2, -0.15) is 4.98 Å². The van der Waals surface area contributed by atoms with Crippen molar-refractivity contribution in [1.29, 1.82) is 0 Å². The topological polar surface area (TPSA) is 45.4 Å². The van der Waals surface area contributed by atoms with E-state index in [9.17, 15) is 0 Å². The summed E-state index contributed by atoms with van der Waals surface area (Å²) in [6.45, 7) is 6.48. The third-order valence-corrected chi connectivity index (χ3v) is 5.02. The Morgan fingerprint density at radius 1 is 1.00 bits per heavy atom. The lowest BCUT2D eigenvalue weighted by Crippen LogP contribution is -2.32. The lowest BCUT2D eigenvalue weighted by atomic mass is 10.1. The Bertz CT molecular complexity index is 638. The molecule has 24 heavy (non-hydrogen) atoms. The molecule has 1 saturated carbocycles. The first kappa shape index (κ1) is 15.8. The van der Waals surface area contributed by atoms with Gasteiger partial charge in [0.15, 0.2) is 5.82 Å². The Morgan fingerprint density at radius 2 is 1.79 bits per heavy atom. The molecule has 0 unspecified atom stereocenters. The minimum atomic E-state index is 0.545. The summed E-state index contributed by atoms with van der Waals surface area (Å²) in [4.78, 5) is 9.60. The highest BCUT2D eigenvalue weighted by atomic mass is 16.5. The summed E-state index contributed by atoms with van der Waals surface area (Å²) in [6.07, 6.45) is 4.77. The van der Waals surface area contributed by atoms with Crippen LogP contribution < -0.4 is 0 Å². The van der Waals surface area contributed by atoms with Gasteiger partial charge in [0.25, 0.3) is 0 Å². The average Bonchev–Trinajstić information content (AvgIpc) is 3.40. The molecule has 0 N–H and O–H groups in total. The van der Waals surface area contributed by atoms with E-state index in [-0.39, 0.29) is 0 Å². The molecule has 0 amide bonds. The van der Waals surface area contributed by atoms with Crippen molar-refractivity contribution in [2.24, 2.45) is 0 Å². The van der Waals surface area contributed by atoms with Crippen molar-refractivity contribution in [1.82, 2.24) is 19.9 Å². The molecule has 1 aliphatic carbocycles. The van der Waals surface area contributed by atoms with E-state index in [2.05, 4.69) is 50.3 Å². The fourth-order valence-electron chi connectivity index (χ4n) is 3.37. The van der Waals surface area contributed by atoms with Gasteiger partial charge in [-0.05, 0) is 44.3 Å². The molecular weight excluding hydrogens is 300 g/mol. The monoisotopic (exact) mass is 326 g/mol. The zero-order chi connectivity index (χ0) is 16.2. The van der Waals surface area contributed by atoms with Crippen LogP contribution in [0, 0.1) is 0 Å². The molecule has 0 atom stereocenters. The maximum Gasteiger partial charge on any atom is 0.229 e. The van der Waals surface area contributed by atoms with E-state index >= 15 is 0 Å². The van der Waals surface area contributed by atoms with Crippen molar-refractivity contribution in [2.75, 3.05) is 32.7 Å². The Hall–Kier alpha value is -1.72. The fourth-order valence-corrected chi connectivity index (χ4v) is 3.37. The normalized spacial score (nSPS) is 20.2. The molecule has 1 aromatic carbocycles. The highest BCUT2D eigenvalue weighted by Crippen LogP contribution is 2.38. The third kappa shape index (κ3) is 4.22. The summed E-state index contributed by atoms with van der Waals surface area (Å²) in [5, 5.41) is 4.16. The molecule has 5 heteroatoms. The standard InChI is InChI=1S/C19H26N4O/c1-2-5-16(6-3-1)9-12-22-10-4-11-23(14-13-22)15-18-20-19(24-21-18)17-7-8-17/h1-3,5-6,17H,4,7-15H2. The maximum absolute atomic E-state index is 5.37. The van der Waals surface area contributed by atoms with Crippen molar-refractivity contribution in [3.63, 3.8) is 0 Å². The third-order valence-electron chi connectivity index (χ3n) is 5.02. The van der Waals surface area contributed by atoms with E-state index in [1.165, 1.54) is 31.4 Å². The average molecular weight is 326 g/mol. The van der Waals surface area contributed by atoms with Crippen LogP contribution in [0.25, 0.3) is 0 Å². The van der Waals surface area contributed by atoms with Crippen LogP contribution in [0.1, 0.15) is 42.5 Å². The molecule has 1 aliphatic heterocycles. The summed E-state index contributed by atoms with van der Waals surface area (Å²) in [5.74, 6) is 2.25. The molecule has 0 bridgehead atoms. The van der Waals surface area contributed by atoms with E-state index < -0.39 is 0 Å². The minimum Gasteiger partial charge on any atom is -0.339 e. The minimum absolute atomic E-state index is 0.545. The quantitative estimate of drug-likeness (QED) is 0.817. The second-order valence-corrected chi connectivity index (χ2v) is 7.03. The molecule has 0 spiro atoms. The van der Waals surface area contributed by atoms with Gasteiger partial charge >= 0.3 is 0 Å². The molecular formula is C19H26N4O. The highest BCUT2D eigenvalue weighted by Gasteiger charge is 2.29. The van der Waals surface area contributed by atoms with E-state index in [0.29, 0.717) is 5.92 Å². The molecule has 2 heterocycles.